The van der Waals surface area contributed by atoms with Crippen LogP contribution in [0.5, 0.6) is 5.75 Å². The lowest BCUT2D eigenvalue weighted by Gasteiger charge is -2.15. The number of fused-ring (bicyclic) bond motifs is 1. The number of nitrogens with one attached hydrogen (secondary N) is 2. The van der Waals surface area contributed by atoms with Crippen molar-refractivity contribution in [3.8, 4) is 5.75 Å². The van der Waals surface area contributed by atoms with Crippen molar-refractivity contribution in [1.82, 2.24) is 19.5 Å². The van der Waals surface area contributed by atoms with Crippen LogP contribution in [0.3, 0.4) is 0 Å². The standard InChI is InChI=1S/C24H29N7O/c1-16(2)31-15-26-21-22(25-13-12-17-8-10-20(32)11-9-17)28-24(29-23(21)31)27-18-6-5-7-19(14-18)30(3)4/h5-11,14-16,32H,12-13H2,1-4H3,(H2,25,27,28,29). The smallest absolute Gasteiger partial charge is 0.231 e. The van der Waals surface area contributed by atoms with Gasteiger partial charge in [0.15, 0.2) is 17.0 Å². The zero-order chi connectivity index (χ0) is 22.7. The summed E-state index contributed by atoms with van der Waals surface area (Å²) in [6.45, 7) is 4.89. The summed E-state index contributed by atoms with van der Waals surface area (Å²) < 4.78 is 2.05. The third-order valence-corrected chi connectivity index (χ3v) is 5.24. The molecule has 0 bridgehead atoms. The summed E-state index contributed by atoms with van der Waals surface area (Å²) in [5.41, 5.74) is 4.68. The van der Waals surface area contributed by atoms with E-state index in [0.717, 1.165) is 34.5 Å². The maximum atomic E-state index is 9.47. The number of rotatable bonds is 8. The Balaban J connectivity index is 1.62. The molecule has 4 aromatic rings. The minimum atomic E-state index is 0.227. The van der Waals surface area contributed by atoms with Crippen LogP contribution in [0, 0.1) is 0 Å². The normalized spacial score (nSPS) is 11.2. The van der Waals surface area contributed by atoms with Crippen molar-refractivity contribution in [1.29, 1.82) is 0 Å². The Morgan fingerprint density at radius 2 is 1.84 bits per heavy atom. The lowest BCUT2D eigenvalue weighted by molar-refractivity contribution is 0.475. The summed E-state index contributed by atoms with van der Waals surface area (Å²) in [5, 5.41) is 16.2. The van der Waals surface area contributed by atoms with Gasteiger partial charge in [0.05, 0.1) is 6.33 Å². The minimum Gasteiger partial charge on any atom is -0.508 e. The van der Waals surface area contributed by atoms with Crippen molar-refractivity contribution in [3.63, 3.8) is 0 Å². The number of hydrogen-bond donors (Lipinski definition) is 3. The van der Waals surface area contributed by atoms with Gasteiger partial charge in [-0.2, -0.15) is 9.97 Å². The molecule has 3 N–H and O–H groups in total. The van der Waals surface area contributed by atoms with Gasteiger partial charge in [-0.3, -0.25) is 0 Å². The highest BCUT2D eigenvalue weighted by atomic mass is 16.3. The Morgan fingerprint density at radius 1 is 1.06 bits per heavy atom. The molecule has 0 fully saturated rings. The molecule has 0 unspecified atom stereocenters. The molecule has 0 radical (unpaired) electrons. The molecule has 166 valence electrons. The van der Waals surface area contributed by atoms with Gasteiger partial charge in [0.2, 0.25) is 5.95 Å². The highest BCUT2D eigenvalue weighted by Crippen LogP contribution is 2.26. The van der Waals surface area contributed by atoms with Gasteiger partial charge in [-0.15, -0.1) is 0 Å². The average Bonchev–Trinajstić information content (AvgIpc) is 3.20. The maximum Gasteiger partial charge on any atom is 0.231 e. The molecule has 0 saturated heterocycles. The van der Waals surface area contributed by atoms with Gasteiger partial charge in [-0.1, -0.05) is 18.2 Å². The molecule has 8 heteroatoms. The highest BCUT2D eigenvalue weighted by Gasteiger charge is 2.15. The number of anilines is 4. The van der Waals surface area contributed by atoms with E-state index in [1.807, 2.05) is 49.3 Å². The number of phenols is 1. The van der Waals surface area contributed by atoms with E-state index in [4.69, 9.17) is 9.97 Å². The van der Waals surface area contributed by atoms with Gasteiger partial charge in [0.25, 0.3) is 0 Å². The van der Waals surface area contributed by atoms with E-state index in [9.17, 15) is 5.11 Å². The molecule has 2 aromatic heterocycles. The molecule has 0 aliphatic heterocycles. The van der Waals surface area contributed by atoms with Crippen molar-refractivity contribution < 1.29 is 5.11 Å². The number of aromatic hydroxyl groups is 1. The number of imidazole rings is 1. The summed E-state index contributed by atoms with van der Waals surface area (Å²) in [6.07, 6.45) is 2.61. The summed E-state index contributed by atoms with van der Waals surface area (Å²) in [7, 11) is 4.03. The van der Waals surface area contributed by atoms with Crippen molar-refractivity contribution in [3.05, 3.63) is 60.4 Å². The van der Waals surface area contributed by atoms with Crippen LogP contribution in [-0.4, -0.2) is 45.3 Å². The van der Waals surface area contributed by atoms with Crippen LogP contribution in [0.15, 0.2) is 54.9 Å². The van der Waals surface area contributed by atoms with Crippen LogP contribution in [0.4, 0.5) is 23.1 Å². The second kappa shape index (κ2) is 9.13. The van der Waals surface area contributed by atoms with E-state index >= 15 is 0 Å². The van der Waals surface area contributed by atoms with Gasteiger partial charge >= 0.3 is 0 Å². The molecule has 4 rings (SSSR count). The van der Waals surface area contributed by atoms with Crippen LogP contribution < -0.4 is 15.5 Å². The fourth-order valence-electron chi connectivity index (χ4n) is 3.45. The average molecular weight is 432 g/mol. The van der Waals surface area contributed by atoms with Crippen molar-refractivity contribution in [2.75, 3.05) is 36.2 Å². The molecule has 0 atom stereocenters. The number of phenolic OH excluding ortho intramolecular Hbond substituents is 1. The van der Waals surface area contributed by atoms with Gasteiger partial charge in [-0.25, -0.2) is 4.98 Å². The Bertz CT molecular complexity index is 1200. The second-order valence-corrected chi connectivity index (χ2v) is 8.23. The fraction of sp³-hybridized carbons (Fsp3) is 0.292. The Morgan fingerprint density at radius 3 is 2.56 bits per heavy atom. The Kier molecular flexibility index (Phi) is 6.11. The molecule has 0 saturated carbocycles. The van der Waals surface area contributed by atoms with E-state index in [1.54, 1.807) is 12.1 Å². The van der Waals surface area contributed by atoms with Crippen LogP contribution in [-0.2, 0) is 6.42 Å². The van der Waals surface area contributed by atoms with Gasteiger partial charge in [-0.05, 0) is 56.2 Å². The number of hydrogen-bond acceptors (Lipinski definition) is 7. The molecule has 2 aromatic carbocycles. The quantitative estimate of drug-likeness (QED) is 0.376. The predicted octanol–water partition coefficient (Wildman–Crippen LogP) is 4.58. The molecule has 0 spiro atoms. The first kappa shape index (κ1) is 21.4. The lowest BCUT2D eigenvalue weighted by atomic mass is 10.1. The molecule has 0 aliphatic rings. The molecule has 0 amide bonds. The highest BCUT2D eigenvalue weighted by molar-refractivity contribution is 5.85. The second-order valence-electron chi connectivity index (χ2n) is 8.23. The zero-order valence-corrected chi connectivity index (χ0v) is 18.9. The number of nitrogens with zero attached hydrogens (tertiary/aromatic N) is 5. The largest absolute Gasteiger partial charge is 0.508 e. The summed E-state index contributed by atoms with van der Waals surface area (Å²) in [5.74, 6) is 1.48. The minimum absolute atomic E-state index is 0.227. The van der Waals surface area contributed by atoms with Crippen molar-refractivity contribution in [2.24, 2.45) is 0 Å². The van der Waals surface area contributed by atoms with Crippen molar-refractivity contribution in [2.45, 2.75) is 26.3 Å². The fourth-order valence-corrected chi connectivity index (χ4v) is 3.45. The van der Waals surface area contributed by atoms with E-state index < -0.39 is 0 Å². The SMILES string of the molecule is CC(C)n1cnc2c(NCCc3ccc(O)cc3)nc(Nc3cccc(N(C)C)c3)nc21. The number of aromatic nitrogens is 4. The van der Waals surface area contributed by atoms with Crippen LogP contribution in [0.1, 0.15) is 25.5 Å². The zero-order valence-electron chi connectivity index (χ0n) is 18.9. The lowest BCUT2D eigenvalue weighted by Crippen LogP contribution is -2.10. The van der Waals surface area contributed by atoms with E-state index in [0.29, 0.717) is 18.3 Å². The third kappa shape index (κ3) is 4.74. The topological polar surface area (TPSA) is 91.1 Å². The Labute approximate surface area is 188 Å². The molecule has 8 nitrogen and oxygen atoms in total. The first-order chi connectivity index (χ1) is 15.4. The molecule has 32 heavy (non-hydrogen) atoms. The van der Waals surface area contributed by atoms with Crippen LogP contribution in [0.25, 0.3) is 11.2 Å². The molecule has 2 heterocycles. The van der Waals surface area contributed by atoms with Gasteiger partial charge in [0, 0.05) is 38.1 Å². The number of benzene rings is 2. The van der Waals surface area contributed by atoms with Crippen molar-refractivity contribution >= 4 is 34.3 Å². The summed E-state index contributed by atoms with van der Waals surface area (Å²) >= 11 is 0. The molecular weight excluding hydrogens is 402 g/mol. The van der Waals surface area contributed by atoms with Gasteiger partial charge < -0.3 is 25.2 Å². The first-order valence-corrected chi connectivity index (χ1v) is 10.7. The molecule has 0 aliphatic carbocycles. The summed E-state index contributed by atoms with van der Waals surface area (Å²) in [4.78, 5) is 16.1. The summed E-state index contributed by atoms with van der Waals surface area (Å²) in [6, 6.07) is 15.6. The van der Waals surface area contributed by atoms with E-state index in [2.05, 4.69) is 46.5 Å². The van der Waals surface area contributed by atoms with Gasteiger partial charge in [0.1, 0.15) is 5.75 Å². The predicted molar refractivity (Wildman–Crippen MR) is 130 cm³/mol. The Hall–Kier alpha value is -3.81. The first-order valence-electron chi connectivity index (χ1n) is 10.7. The third-order valence-electron chi connectivity index (χ3n) is 5.24. The van der Waals surface area contributed by atoms with Crippen LogP contribution >= 0.6 is 0 Å². The van der Waals surface area contributed by atoms with E-state index in [-0.39, 0.29) is 11.8 Å². The monoisotopic (exact) mass is 431 g/mol. The van der Waals surface area contributed by atoms with Crippen LogP contribution in [0.2, 0.25) is 0 Å². The maximum absolute atomic E-state index is 9.47. The van der Waals surface area contributed by atoms with E-state index in [1.165, 1.54) is 0 Å². The molecular formula is C24H29N7O.